The van der Waals surface area contributed by atoms with Gasteiger partial charge in [-0.2, -0.15) is 0 Å². The van der Waals surface area contributed by atoms with Gasteiger partial charge in [-0.3, -0.25) is 4.79 Å². The first-order valence-corrected chi connectivity index (χ1v) is 10.6. The number of hydrogen-bond acceptors (Lipinski definition) is 5. The number of carbonyl (C=O) groups is 1. The SMILES string of the molecule is C[C@H](CC(=O)C1CC1)c1ccc(OC2CN(c3ccc4c(c3)OCCO4)C2)cc1. The first kappa shape index (κ1) is 18.3. The fourth-order valence-corrected chi connectivity index (χ4v) is 4.01. The summed E-state index contributed by atoms with van der Waals surface area (Å²) in [6.45, 7) is 5.06. The molecule has 0 bridgehead atoms. The van der Waals surface area contributed by atoms with Crippen LogP contribution in [0.4, 0.5) is 5.69 Å². The molecule has 1 saturated carbocycles. The summed E-state index contributed by atoms with van der Waals surface area (Å²) >= 11 is 0. The molecule has 2 aliphatic heterocycles. The van der Waals surface area contributed by atoms with E-state index in [1.165, 1.54) is 5.56 Å². The van der Waals surface area contributed by atoms with E-state index in [0.29, 0.717) is 31.3 Å². The van der Waals surface area contributed by atoms with E-state index < -0.39 is 0 Å². The molecule has 5 rings (SSSR count). The van der Waals surface area contributed by atoms with Crippen molar-refractivity contribution in [2.24, 2.45) is 5.92 Å². The van der Waals surface area contributed by atoms with Crippen LogP contribution < -0.4 is 19.1 Å². The first-order valence-electron chi connectivity index (χ1n) is 10.6. The Hall–Kier alpha value is -2.69. The van der Waals surface area contributed by atoms with Gasteiger partial charge in [0.05, 0.1) is 13.1 Å². The zero-order valence-electron chi connectivity index (χ0n) is 16.8. The number of rotatable bonds is 7. The molecular weight excluding hydrogens is 366 g/mol. The lowest BCUT2D eigenvalue weighted by Gasteiger charge is -2.41. The Morgan fingerprint density at radius 3 is 2.52 bits per heavy atom. The average Bonchev–Trinajstić information content (AvgIpc) is 3.56. The molecule has 0 unspecified atom stereocenters. The lowest BCUT2D eigenvalue weighted by molar-refractivity contribution is -0.120. The van der Waals surface area contributed by atoms with Crippen molar-refractivity contribution in [2.75, 3.05) is 31.2 Å². The van der Waals surface area contributed by atoms with Gasteiger partial charge in [0.25, 0.3) is 0 Å². The van der Waals surface area contributed by atoms with Crippen LogP contribution in [0.5, 0.6) is 17.2 Å². The summed E-state index contributed by atoms with van der Waals surface area (Å²) in [6.07, 6.45) is 3.01. The zero-order valence-corrected chi connectivity index (χ0v) is 16.8. The van der Waals surface area contributed by atoms with Gasteiger partial charge in [0.1, 0.15) is 30.9 Å². The summed E-state index contributed by atoms with van der Waals surface area (Å²) in [7, 11) is 0. The van der Waals surface area contributed by atoms with E-state index in [9.17, 15) is 4.79 Å². The highest BCUT2D eigenvalue weighted by Gasteiger charge is 2.31. The molecule has 152 valence electrons. The molecule has 0 N–H and O–H groups in total. The normalized spacial score (nSPS) is 19.4. The van der Waals surface area contributed by atoms with E-state index in [4.69, 9.17) is 14.2 Å². The fraction of sp³-hybridized carbons (Fsp3) is 0.458. The minimum absolute atomic E-state index is 0.183. The minimum atomic E-state index is 0.183. The Morgan fingerprint density at radius 2 is 1.79 bits per heavy atom. The monoisotopic (exact) mass is 393 g/mol. The Bertz CT molecular complexity index is 884. The van der Waals surface area contributed by atoms with Crippen molar-refractivity contribution in [3.8, 4) is 17.2 Å². The van der Waals surface area contributed by atoms with E-state index >= 15 is 0 Å². The van der Waals surface area contributed by atoms with E-state index in [1.54, 1.807) is 0 Å². The van der Waals surface area contributed by atoms with E-state index in [1.807, 2.05) is 24.3 Å². The Kier molecular flexibility index (Phi) is 4.82. The fourth-order valence-electron chi connectivity index (χ4n) is 4.01. The van der Waals surface area contributed by atoms with Crippen LogP contribution in [-0.2, 0) is 4.79 Å². The minimum Gasteiger partial charge on any atom is -0.487 e. The number of benzene rings is 2. The smallest absolute Gasteiger partial charge is 0.163 e. The Balaban J connectivity index is 1.13. The zero-order chi connectivity index (χ0) is 19.8. The van der Waals surface area contributed by atoms with Crippen molar-refractivity contribution in [1.82, 2.24) is 0 Å². The van der Waals surface area contributed by atoms with Gasteiger partial charge >= 0.3 is 0 Å². The third-order valence-electron chi connectivity index (χ3n) is 6.03. The number of nitrogens with zero attached hydrogens (tertiary/aromatic N) is 1. The number of ketones is 1. The molecule has 0 aromatic heterocycles. The third kappa shape index (κ3) is 4.04. The summed E-state index contributed by atoms with van der Waals surface area (Å²) in [6, 6.07) is 14.3. The van der Waals surface area contributed by atoms with Crippen molar-refractivity contribution < 1.29 is 19.0 Å². The second-order valence-corrected chi connectivity index (χ2v) is 8.39. The van der Waals surface area contributed by atoms with Crippen LogP contribution >= 0.6 is 0 Å². The van der Waals surface area contributed by atoms with Crippen molar-refractivity contribution in [3.63, 3.8) is 0 Å². The topological polar surface area (TPSA) is 48.0 Å². The molecule has 1 aliphatic carbocycles. The molecule has 2 heterocycles. The third-order valence-corrected chi connectivity index (χ3v) is 6.03. The van der Waals surface area contributed by atoms with Gasteiger partial charge in [0.15, 0.2) is 11.5 Å². The maximum Gasteiger partial charge on any atom is 0.163 e. The molecule has 1 atom stereocenters. The van der Waals surface area contributed by atoms with E-state index in [0.717, 1.165) is 48.9 Å². The number of hydrogen-bond donors (Lipinski definition) is 0. The summed E-state index contributed by atoms with van der Waals surface area (Å²) in [5.74, 6) is 3.57. The summed E-state index contributed by atoms with van der Waals surface area (Å²) in [5, 5.41) is 0. The molecule has 0 radical (unpaired) electrons. The molecule has 2 aromatic carbocycles. The summed E-state index contributed by atoms with van der Waals surface area (Å²) in [4.78, 5) is 14.3. The molecule has 0 amide bonds. The summed E-state index contributed by atoms with van der Waals surface area (Å²) in [5.41, 5.74) is 2.34. The van der Waals surface area contributed by atoms with E-state index in [2.05, 4.69) is 30.0 Å². The molecule has 2 aromatic rings. The molecule has 0 spiro atoms. The molecule has 5 heteroatoms. The lowest BCUT2D eigenvalue weighted by Crippen LogP contribution is -2.54. The second kappa shape index (κ2) is 7.62. The van der Waals surface area contributed by atoms with Gasteiger partial charge in [-0.15, -0.1) is 0 Å². The van der Waals surface area contributed by atoms with Gasteiger partial charge in [0, 0.05) is 24.1 Å². The number of Topliss-reactive ketones (excluding diaryl/α,β-unsaturated/α-hetero) is 1. The van der Waals surface area contributed by atoms with Crippen LogP contribution in [0.2, 0.25) is 0 Å². The Labute approximate surface area is 171 Å². The maximum atomic E-state index is 12.0. The van der Waals surface area contributed by atoms with Crippen LogP contribution in [0, 0.1) is 5.92 Å². The molecule has 2 fully saturated rings. The van der Waals surface area contributed by atoms with E-state index in [-0.39, 0.29) is 12.0 Å². The van der Waals surface area contributed by atoms with Crippen molar-refractivity contribution in [1.29, 1.82) is 0 Å². The van der Waals surface area contributed by atoms with Gasteiger partial charge in [-0.1, -0.05) is 19.1 Å². The molecular formula is C24H27NO4. The first-order chi connectivity index (χ1) is 14.2. The second-order valence-electron chi connectivity index (χ2n) is 8.39. The van der Waals surface area contributed by atoms with Crippen LogP contribution in [0.1, 0.15) is 37.7 Å². The highest BCUT2D eigenvalue weighted by molar-refractivity contribution is 5.83. The molecule has 5 nitrogen and oxygen atoms in total. The highest BCUT2D eigenvalue weighted by Crippen LogP contribution is 2.36. The largest absolute Gasteiger partial charge is 0.487 e. The summed E-state index contributed by atoms with van der Waals surface area (Å²) < 4.78 is 17.4. The predicted molar refractivity (Wildman–Crippen MR) is 111 cm³/mol. The number of fused-ring (bicyclic) bond motifs is 1. The van der Waals surface area contributed by atoms with Crippen molar-refractivity contribution >= 4 is 11.5 Å². The molecule has 1 saturated heterocycles. The lowest BCUT2D eigenvalue weighted by atomic mass is 9.94. The Morgan fingerprint density at radius 1 is 1.07 bits per heavy atom. The quantitative estimate of drug-likeness (QED) is 0.706. The van der Waals surface area contributed by atoms with Crippen LogP contribution in [0.15, 0.2) is 42.5 Å². The van der Waals surface area contributed by atoms with Gasteiger partial charge in [0.2, 0.25) is 0 Å². The van der Waals surface area contributed by atoms with Crippen LogP contribution in [-0.4, -0.2) is 38.2 Å². The maximum absolute atomic E-state index is 12.0. The van der Waals surface area contributed by atoms with Crippen molar-refractivity contribution in [3.05, 3.63) is 48.0 Å². The van der Waals surface area contributed by atoms with Gasteiger partial charge in [-0.05, 0) is 48.6 Å². The average molecular weight is 393 g/mol. The molecule has 29 heavy (non-hydrogen) atoms. The predicted octanol–water partition coefficient (Wildman–Crippen LogP) is 4.20. The number of ether oxygens (including phenoxy) is 3. The van der Waals surface area contributed by atoms with Gasteiger partial charge < -0.3 is 19.1 Å². The number of anilines is 1. The van der Waals surface area contributed by atoms with Crippen LogP contribution in [0.25, 0.3) is 0 Å². The standard InChI is InChI=1S/C24H27NO4/c1-16(12-22(26)18-2-3-18)17-4-7-20(8-5-17)29-21-14-25(15-21)19-6-9-23-24(13-19)28-11-10-27-23/h4-9,13,16,18,21H,2-3,10-12,14-15H2,1H3/t16-/m1/s1. The van der Waals surface area contributed by atoms with Crippen molar-refractivity contribution in [2.45, 2.75) is 38.2 Å². The number of carbonyl (C=O) groups excluding carboxylic acids is 1. The molecule has 3 aliphatic rings. The van der Waals surface area contributed by atoms with Gasteiger partial charge in [-0.25, -0.2) is 0 Å². The van der Waals surface area contributed by atoms with Crippen LogP contribution in [0.3, 0.4) is 0 Å². The highest BCUT2D eigenvalue weighted by atomic mass is 16.6.